The number of thiol groups is 1. The molecule has 0 saturated heterocycles. The van der Waals surface area contributed by atoms with Crippen LogP contribution in [0.3, 0.4) is 0 Å². The van der Waals surface area contributed by atoms with E-state index < -0.39 is 0 Å². The minimum atomic E-state index is -0.00664. The zero-order valence-electron chi connectivity index (χ0n) is 8.85. The van der Waals surface area contributed by atoms with E-state index in [0.29, 0.717) is 0 Å². The van der Waals surface area contributed by atoms with E-state index in [4.69, 9.17) is 12.6 Å². The molecule has 1 aromatic carbocycles. The highest BCUT2D eigenvalue weighted by Gasteiger charge is 2.33. The summed E-state index contributed by atoms with van der Waals surface area (Å²) in [5, 5.41) is 1.31. The molecule has 0 N–H and O–H groups in total. The summed E-state index contributed by atoms with van der Waals surface area (Å²) in [6.07, 6.45) is 2.14. The quantitative estimate of drug-likeness (QED) is 0.525. The topological polar surface area (TPSA) is 3.88 Å². The van der Waals surface area contributed by atoms with Gasteiger partial charge in [-0.25, -0.2) is 0 Å². The molecule has 1 atom stereocenters. The number of rotatable bonds is 0. The van der Waals surface area contributed by atoms with Gasteiger partial charge in [0.15, 0.2) is 12.7 Å². The van der Waals surface area contributed by atoms with Gasteiger partial charge in [-0.1, -0.05) is 17.8 Å². The first-order valence-electron chi connectivity index (χ1n) is 4.98. The third-order valence-electron chi connectivity index (χ3n) is 2.65. The molecular formula is C12H12BrNS2. The number of benzene rings is 1. The van der Waals surface area contributed by atoms with Crippen LogP contribution in [0.4, 0.5) is 0 Å². The van der Waals surface area contributed by atoms with Crippen LogP contribution in [0.25, 0.3) is 10.9 Å². The summed E-state index contributed by atoms with van der Waals surface area (Å²) in [5.74, 6) is 0. The van der Waals surface area contributed by atoms with Crippen molar-refractivity contribution in [2.45, 2.75) is 22.4 Å². The van der Waals surface area contributed by atoms with E-state index in [-0.39, 0.29) is 21.1 Å². The summed E-state index contributed by atoms with van der Waals surface area (Å²) in [6.45, 7) is 3.12. The van der Waals surface area contributed by atoms with Crippen molar-refractivity contribution in [2.24, 2.45) is 0 Å². The predicted octanol–water partition coefficient (Wildman–Crippen LogP) is -0.117. The van der Waals surface area contributed by atoms with Crippen molar-refractivity contribution in [3.05, 3.63) is 36.5 Å². The van der Waals surface area contributed by atoms with Gasteiger partial charge in [0, 0.05) is 11.5 Å². The second-order valence-corrected chi connectivity index (χ2v) is 6.94. The summed E-state index contributed by atoms with van der Waals surface area (Å²) in [5.41, 5.74) is 1.34. The number of aromatic nitrogens is 1. The smallest absolute Gasteiger partial charge is 0.226 e. The molecule has 84 valence electrons. The first kappa shape index (κ1) is 12.3. The maximum atomic E-state index is 4.69. The van der Waals surface area contributed by atoms with E-state index in [9.17, 15) is 0 Å². The van der Waals surface area contributed by atoms with Gasteiger partial charge in [-0.15, -0.1) is 0 Å². The van der Waals surface area contributed by atoms with Crippen molar-refractivity contribution >= 4 is 35.3 Å². The second-order valence-electron chi connectivity index (χ2n) is 4.11. The molecule has 1 unspecified atom stereocenters. The fourth-order valence-corrected chi connectivity index (χ4v) is 3.71. The maximum absolute atomic E-state index is 4.69. The Balaban J connectivity index is 0.000000963. The summed E-state index contributed by atoms with van der Waals surface area (Å²) >= 11 is 6.54. The van der Waals surface area contributed by atoms with Crippen molar-refractivity contribution in [3.63, 3.8) is 0 Å². The number of halogens is 1. The number of nitrogens with zero attached hydrogens (tertiary/aromatic N) is 1. The minimum absolute atomic E-state index is 0. The molecule has 1 aliphatic rings. The van der Waals surface area contributed by atoms with Crippen LogP contribution in [-0.2, 0) is 6.54 Å². The molecule has 0 saturated carbocycles. The van der Waals surface area contributed by atoms with Crippen LogP contribution in [0.5, 0.6) is 0 Å². The average Bonchev–Trinajstić information content (AvgIpc) is 2.16. The van der Waals surface area contributed by atoms with Gasteiger partial charge in [-0.05, 0) is 25.1 Å². The number of hydrogen-bond acceptors (Lipinski definition) is 2. The van der Waals surface area contributed by atoms with Gasteiger partial charge in [0.1, 0.15) is 4.08 Å². The third-order valence-corrected chi connectivity index (χ3v) is 4.19. The number of thioether (sulfide) groups is 1. The summed E-state index contributed by atoms with van der Waals surface area (Å²) in [4.78, 5) is 1.33. The van der Waals surface area contributed by atoms with E-state index in [1.807, 2.05) is 11.8 Å². The highest BCUT2D eigenvalue weighted by atomic mass is 79.9. The molecule has 2 heterocycles. The second kappa shape index (κ2) is 4.24. The van der Waals surface area contributed by atoms with Crippen LogP contribution in [0, 0.1) is 0 Å². The summed E-state index contributed by atoms with van der Waals surface area (Å²) < 4.78 is 2.29. The Kier molecular flexibility index (Phi) is 3.25. The standard InChI is InChI=1S/C12H11NS2.BrH/c1-12(14)8-13-7-3-5-9-4-2-6-10(15-12)11(9)13;/h2-7H,8H2,1H3;1H. The van der Waals surface area contributed by atoms with Crippen molar-refractivity contribution in [1.29, 1.82) is 0 Å². The normalized spacial score (nSPS) is 22.9. The molecule has 1 aliphatic heterocycles. The highest BCUT2D eigenvalue weighted by Crippen LogP contribution is 2.41. The van der Waals surface area contributed by atoms with E-state index in [1.165, 1.54) is 15.8 Å². The molecule has 0 fully saturated rings. The molecular weight excluding hydrogens is 302 g/mol. The molecule has 1 nitrogen and oxygen atoms in total. The van der Waals surface area contributed by atoms with Gasteiger partial charge in [0.25, 0.3) is 0 Å². The molecule has 0 radical (unpaired) electrons. The molecule has 3 rings (SSSR count). The van der Waals surface area contributed by atoms with Crippen LogP contribution < -0.4 is 21.5 Å². The Morgan fingerprint density at radius 1 is 1.31 bits per heavy atom. The van der Waals surface area contributed by atoms with Gasteiger partial charge in [0.2, 0.25) is 5.52 Å². The largest absolute Gasteiger partial charge is 1.00 e. The predicted molar refractivity (Wildman–Crippen MR) is 67.4 cm³/mol. The zero-order valence-corrected chi connectivity index (χ0v) is 12.1. The first-order valence-corrected chi connectivity index (χ1v) is 6.25. The summed E-state index contributed by atoms with van der Waals surface area (Å²) in [6, 6.07) is 10.7. The molecule has 4 heteroatoms. The third kappa shape index (κ3) is 1.98. The fraction of sp³-hybridized carbons (Fsp3) is 0.250. The van der Waals surface area contributed by atoms with Crippen molar-refractivity contribution in [3.8, 4) is 0 Å². The Labute approximate surface area is 115 Å². The van der Waals surface area contributed by atoms with Gasteiger partial charge in [0.05, 0.1) is 4.90 Å². The average molecular weight is 314 g/mol. The molecule has 0 bridgehead atoms. The van der Waals surface area contributed by atoms with Crippen LogP contribution in [0.15, 0.2) is 41.4 Å². The SMILES string of the molecule is CC1(S)C[n+]2cccc3cccc(c32)S1.[Br-]. The molecule has 1 aromatic heterocycles. The van der Waals surface area contributed by atoms with Crippen LogP contribution in [-0.4, -0.2) is 4.08 Å². The fourth-order valence-electron chi connectivity index (χ4n) is 2.11. The molecule has 0 spiro atoms. The zero-order chi connectivity index (χ0) is 10.5. The van der Waals surface area contributed by atoms with Crippen molar-refractivity contribution < 1.29 is 21.5 Å². The van der Waals surface area contributed by atoms with Crippen LogP contribution >= 0.6 is 24.4 Å². The number of pyridine rings is 1. The molecule has 0 aliphatic carbocycles. The Bertz CT molecular complexity index is 497. The maximum Gasteiger partial charge on any atom is 0.226 e. The Morgan fingerprint density at radius 2 is 2.06 bits per heavy atom. The number of hydrogen-bond donors (Lipinski definition) is 1. The highest BCUT2D eigenvalue weighted by molar-refractivity contribution is 8.11. The monoisotopic (exact) mass is 313 g/mol. The van der Waals surface area contributed by atoms with Gasteiger partial charge >= 0.3 is 0 Å². The van der Waals surface area contributed by atoms with Gasteiger partial charge in [-0.2, -0.15) is 17.2 Å². The number of para-hydroxylation sites is 1. The summed E-state index contributed by atoms with van der Waals surface area (Å²) in [7, 11) is 0. The lowest BCUT2D eigenvalue weighted by Crippen LogP contribution is -3.00. The lowest BCUT2D eigenvalue weighted by Gasteiger charge is -2.24. The van der Waals surface area contributed by atoms with E-state index in [1.54, 1.807) is 0 Å². The van der Waals surface area contributed by atoms with Crippen LogP contribution in [0.2, 0.25) is 0 Å². The van der Waals surface area contributed by atoms with Crippen LogP contribution in [0.1, 0.15) is 6.92 Å². The van der Waals surface area contributed by atoms with Crippen molar-refractivity contribution in [2.75, 3.05) is 0 Å². The van der Waals surface area contributed by atoms with E-state index in [0.717, 1.165) is 6.54 Å². The Hall–Kier alpha value is -0.190. The molecule has 2 aromatic rings. The molecule has 16 heavy (non-hydrogen) atoms. The molecule has 0 amide bonds. The first-order chi connectivity index (χ1) is 7.16. The van der Waals surface area contributed by atoms with Gasteiger partial charge < -0.3 is 17.0 Å². The lowest BCUT2D eigenvalue weighted by atomic mass is 10.2. The Morgan fingerprint density at radius 3 is 2.88 bits per heavy atom. The van der Waals surface area contributed by atoms with Gasteiger partial charge in [-0.3, -0.25) is 0 Å². The van der Waals surface area contributed by atoms with Crippen molar-refractivity contribution in [1.82, 2.24) is 0 Å². The minimum Gasteiger partial charge on any atom is -1.00 e. The van der Waals surface area contributed by atoms with E-state index >= 15 is 0 Å². The van der Waals surface area contributed by atoms with E-state index in [2.05, 4.69) is 48.0 Å². The lowest BCUT2D eigenvalue weighted by molar-refractivity contribution is -0.673.